The molecule has 1 aliphatic heterocycles. The van der Waals surface area contributed by atoms with Crippen molar-refractivity contribution in [3.05, 3.63) is 0 Å². The van der Waals surface area contributed by atoms with Crippen LogP contribution in [0.25, 0.3) is 0 Å². The molecule has 1 saturated heterocycles. The fraction of sp³-hybridized carbons (Fsp3) is 0.875. The van der Waals surface area contributed by atoms with Gasteiger partial charge < -0.3 is 10.0 Å². The minimum Gasteiger partial charge on any atom is -0.465 e. The van der Waals surface area contributed by atoms with Crippen molar-refractivity contribution in [2.75, 3.05) is 6.54 Å². The maximum absolute atomic E-state index is 10.5. The van der Waals surface area contributed by atoms with Crippen molar-refractivity contribution in [2.24, 2.45) is 0 Å². The second-order valence-electron chi connectivity index (χ2n) is 3.06. The third-order valence-corrected chi connectivity index (χ3v) is 2.28. The molecule has 0 bridgehead atoms. The standard InChI is InChI=1S/C8H15NO2/c1-2-3-4-7-5-6-9(7)8(10)11/h7H,2-6H2,1H3,(H,10,11). The Hall–Kier alpha value is -0.730. The van der Waals surface area contributed by atoms with Crippen LogP contribution in [-0.4, -0.2) is 28.7 Å². The van der Waals surface area contributed by atoms with Crippen molar-refractivity contribution < 1.29 is 9.90 Å². The van der Waals surface area contributed by atoms with Gasteiger partial charge in [-0.3, -0.25) is 0 Å². The lowest BCUT2D eigenvalue weighted by atomic mass is 9.98. The smallest absolute Gasteiger partial charge is 0.407 e. The topological polar surface area (TPSA) is 40.5 Å². The molecule has 0 saturated carbocycles. The summed E-state index contributed by atoms with van der Waals surface area (Å²) < 4.78 is 0. The second-order valence-corrected chi connectivity index (χ2v) is 3.06. The highest BCUT2D eigenvalue weighted by Gasteiger charge is 2.30. The van der Waals surface area contributed by atoms with Crippen LogP contribution < -0.4 is 0 Å². The van der Waals surface area contributed by atoms with Crippen molar-refractivity contribution in [3.8, 4) is 0 Å². The van der Waals surface area contributed by atoms with E-state index in [0.717, 1.165) is 32.2 Å². The van der Waals surface area contributed by atoms with E-state index in [9.17, 15) is 4.79 Å². The molecule has 1 atom stereocenters. The van der Waals surface area contributed by atoms with Gasteiger partial charge in [-0.15, -0.1) is 0 Å². The Kier molecular flexibility index (Phi) is 2.74. The summed E-state index contributed by atoms with van der Waals surface area (Å²) in [5.41, 5.74) is 0. The molecule has 1 rings (SSSR count). The molecule has 1 unspecified atom stereocenters. The molecule has 11 heavy (non-hydrogen) atoms. The van der Waals surface area contributed by atoms with Crippen LogP contribution in [0.1, 0.15) is 32.6 Å². The lowest BCUT2D eigenvalue weighted by Gasteiger charge is -2.38. The predicted molar refractivity (Wildman–Crippen MR) is 42.7 cm³/mol. The molecule has 0 aromatic heterocycles. The van der Waals surface area contributed by atoms with Gasteiger partial charge >= 0.3 is 6.09 Å². The fourth-order valence-corrected chi connectivity index (χ4v) is 1.43. The number of likely N-dealkylation sites (tertiary alicyclic amines) is 1. The normalized spacial score (nSPS) is 23.0. The van der Waals surface area contributed by atoms with Crippen molar-refractivity contribution in [2.45, 2.75) is 38.6 Å². The molecular weight excluding hydrogens is 142 g/mol. The van der Waals surface area contributed by atoms with Gasteiger partial charge in [-0.2, -0.15) is 0 Å². The molecule has 0 spiro atoms. The van der Waals surface area contributed by atoms with Gasteiger partial charge in [-0.05, 0) is 12.8 Å². The summed E-state index contributed by atoms with van der Waals surface area (Å²) in [6.07, 6.45) is 3.66. The number of unbranched alkanes of at least 4 members (excludes halogenated alkanes) is 1. The Bertz CT molecular complexity index is 147. The van der Waals surface area contributed by atoms with E-state index in [1.54, 1.807) is 0 Å². The summed E-state index contributed by atoms with van der Waals surface area (Å²) in [6, 6.07) is 0.326. The lowest BCUT2D eigenvalue weighted by Crippen LogP contribution is -2.50. The maximum atomic E-state index is 10.5. The Balaban J connectivity index is 2.20. The van der Waals surface area contributed by atoms with Crippen molar-refractivity contribution in [1.82, 2.24) is 4.90 Å². The summed E-state index contributed by atoms with van der Waals surface area (Å²) >= 11 is 0. The first-order valence-corrected chi connectivity index (χ1v) is 4.25. The van der Waals surface area contributed by atoms with Crippen molar-refractivity contribution in [1.29, 1.82) is 0 Å². The molecule has 0 aromatic rings. The molecule has 64 valence electrons. The fourth-order valence-electron chi connectivity index (χ4n) is 1.43. The number of amides is 1. The molecule has 3 nitrogen and oxygen atoms in total. The Morgan fingerprint density at radius 1 is 1.73 bits per heavy atom. The van der Waals surface area contributed by atoms with E-state index in [1.807, 2.05) is 0 Å². The number of rotatable bonds is 3. The van der Waals surface area contributed by atoms with Crippen molar-refractivity contribution >= 4 is 6.09 Å². The largest absolute Gasteiger partial charge is 0.465 e. The number of nitrogens with zero attached hydrogens (tertiary/aromatic N) is 1. The third-order valence-electron chi connectivity index (χ3n) is 2.28. The van der Waals surface area contributed by atoms with E-state index in [1.165, 1.54) is 4.90 Å². The van der Waals surface area contributed by atoms with Crippen LogP contribution in [0.15, 0.2) is 0 Å². The van der Waals surface area contributed by atoms with Crippen LogP contribution in [0, 0.1) is 0 Å². The Labute approximate surface area is 67.0 Å². The van der Waals surface area contributed by atoms with Crippen LogP contribution in [0.2, 0.25) is 0 Å². The summed E-state index contributed by atoms with van der Waals surface area (Å²) in [7, 11) is 0. The van der Waals surface area contributed by atoms with E-state index in [2.05, 4.69) is 6.92 Å². The van der Waals surface area contributed by atoms with E-state index in [-0.39, 0.29) is 0 Å². The number of carboxylic acid groups (broad SMARTS) is 1. The quantitative estimate of drug-likeness (QED) is 0.680. The summed E-state index contributed by atoms with van der Waals surface area (Å²) in [5, 5.41) is 8.63. The van der Waals surface area contributed by atoms with Gasteiger partial charge in [-0.1, -0.05) is 19.8 Å². The van der Waals surface area contributed by atoms with Crippen molar-refractivity contribution in [3.63, 3.8) is 0 Å². The van der Waals surface area contributed by atoms with Gasteiger partial charge in [0.1, 0.15) is 0 Å². The highest BCUT2D eigenvalue weighted by molar-refractivity contribution is 5.66. The minimum absolute atomic E-state index is 0.326. The maximum Gasteiger partial charge on any atom is 0.407 e. The van der Waals surface area contributed by atoms with E-state index >= 15 is 0 Å². The third kappa shape index (κ3) is 1.85. The molecule has 1 aliphatic rings. The van der Waals surface area contributed by atoms with Gasteiger partial charge in [0, 0.05) is 12.6 Å². The summed E-state index contributed by atoms with van der Waals surface area (Å²) in [5.74, 6) is 0. The van der Waals surface area contributed by atoms with Gasteiger partial charge in [0.2, 0.25) is 0 Å². The Morgan fingerprint density at radius 3 is 2.82 bits per heavy atom. The number of carbonyl (C=O) groups is 1. The zero-order chi connectivity index (χ0) is 8.27. The SMILES string of the molecule is CCCCC1CCN1C(=O)O. The predicted octanol–water partition coefficient (Wildman–Crippen LogP) is 1.93. The van der Waals surface area contributed by atoms with Crippen LogP contribution in [0.4, 0.5) is 4.79 Å². The second kappa shape index (κ2) is 3.60. The van der Waals surface area contributed by atoms with E-state index in [4.69, 9.17) is 5.11 Å². The highest BCUT2D eigenvalue weighted by Crippen LogP contribution is 2.21. The minimum atomic E-state index is -0.752. The first-order valence-electron chi connectivity index (χ1n) is 4.25. The molecule has 1 fully saturated rings. The van der Waals surface area contributed by atoms with Crippen LogP contribution >= 0.6 is 0 Å². The Morgan fingerprint density at radius 2 is 2.45 bits per heavy atom. The monoisotopic (exact) mass is 157 g/mol. The summed E-state index contributed by atoms with van der Waals surface area (Å²) in [4.78, 5) is 12.0. The zero-order valence-electron chi connectivity index (χ0n) is 6.92. The highest BCUT2D eigenvalue weighted by atomic mass is 16.4. The van der Waals surface area contributed by atoms with E-state index < -0.39 is 6.09 Å². The molecule has 0 aromatic carbocycles. The molecule has 1 heterocycles. The first-order chi connectivity index (χ1) is 5.25. The number of hydrogen-bond acceptors (Lipinski definition) is 1. The molecule has 0 radical (unpaired) electrons. The molecule has 0 aliphatic carbocycles. The molecular formula is C8H15NO2. The van der Waals surface area contributed by atoms with Gasteiger partial charge in [0.25, 0.3) is 0 Å². The summed E-state index contributed by atoms with van der Waals surface area (Å²) in [6.45, 7) is 2.87. The average Bonchev–Trinajstić information content (AvgIpc) is 1.84. The molecule has 1 N–H and O–H groups in total. The molecule has 1 amide bonds. The van der Waals surface area contributed by atoms with Gasteiger partial charge in [0.05, 0.1) is 0 Å². The molecule has 3 heteroatoms. The van der Waals surface area contributed by atoms with Crippen LogP contribution in [0.3, 0.4) is 0 Å². The average molecular weight is 157 g/mol. The van der Waals surface area contributed by atoms with Crippen LogP contribution in [-0.2, 0) is 0 Å². The zero-order valence-corrected chi connectivity index (χ0v) is 6.92. The van der Waals surface area contributed by atoms with Crippen LogP contribution in [0.5, 0.6) is 0 Å². The first kappa shape index (κ1) is 8.37. The van der Waals surface area contributed by atoms with Gasteiger partial charge in [0.15, 0.2) is 0 Å². The lowest BCUT2D eigenvalue weighted by molar-refractivity contribution is 0.0706. The van der Waals surface area contributed by atoms with Gasteiger partial charge in [-0.25, -0.2) is 4.79 Å². The number of hydrogen-bond donors (Lipinski definition) is 1. The van der Waals surface area contributed by atoms with E-state index in [0.29, 0.717) is 6.04 Å².